The first-order chi connectivity index (χ1) is 14.5. The Hall–Kier alpha value is -3.57. The summed E-state index contributed by atoms with van der Waals surface area (Å²) in [5.41, 5.74) is 2.27. The summed E-state index contributed by atoms with van der Waals surface area (Å²) in [6.07, 6.45) is 3.12. The predicted molar refractivity (Wildman–Crippen MR) is 121 cm³/mol. The van der Waals surface area contributed by atoms with E-state index in [-0.39, 0.29) is 11.8 Å². The summed E-state index contributed by atoms with van der Waals surface area (Å²) in [7, 11) is 0. The third-order valence-electron chi connectivity index (χ3n) is 4.14. The lowest BCUT2D eigenvalue weighted by Crippen LogP contribution is -2.13. The van der Waals surface area contributed by atoms with E-state index in [0.29, 0.717) is 28.6 Å². The number of benzene rings is 3. The van der Waals surface area contributed by atoms with E-state index >= 15 is 0 Å². The largest absolute Gasteiger partial charge is 0.494 e. The van der Waals surface area contributed by atoms with E-state index in [1.807, 2.05) is 37.3 Å². The number of halogens is 1. The Morgan fingerprint density at radius 2 is 1.70 bits per heavy atom. The number of nitrogens with one attached hydrogen (secondary N) is 2. The molecule has 0 bridgehead atoms. The third kappa shape index (κ3) is 5.96. The van der Waals surface area contributed by atoms with Gasteiger partial charge in [0, 0.05) is 17.3 Å². The van der Waals surface area contributed by atoms with Gasteiger partial charge in [-0.05, 0) is 61.0 Å². The van der Waals surface area contributed by atoms with E-state index < -0.39 is 0 Å². The smallest absolute Gasteiger partial charge is 0.255 e. The zero-order valence-corrected chi connectivity index (χ0v) is 17.1. The van der Waals surface area contributed by atoms with Gasteiger partial charge >= 0.3 is 0 Å². The number of hydrogen-bond donors (Lipinski definition) is 2. The molecule has 0 unspecified atom stereocenters. The van der Waals surface area contributed by atoms with Crippen molar-refractivity contribution in [2.45, 2.75) is 6.92 Å². The summed E-state index contributed by atoms with van der Waals surface area (Å²) in [6, 6.07) is 21.3. The second-order valence-corrected chi connectivity index (χ2v) is 6.75. The topological polar surface area (TPSA) is 67.4 Å². The summed E-state index contributed by atoms with van der Waals surface area (Å²) in [5, 5.41) is 5.86. The Kier molecular flexibility index (Phi) is 7.24. The lowest BCUT2D eigenvalue weighted by molar-refractivity contribution is -0.111. The molecule has 3 aromatic rings. The number of hydrogen-bond acceptors (Lipinski definition) is 3. The summed E-state index contributed by atoms with van der Waals surface area (Å²) in [4.78, 5) is 24.8. The van der Waals surface area contributed by atoms with Gasteiger partial charge < -0.3 is 15.4 Å². The molecule has 152 valence electrons. The van der Waals surface area contributed by atoms with Gasteiger partial charge in [0.25, 0.3) is 5.91 Å². The van der Waals surface area contributed by atoms with E-state index in [0.717, 1.165) is 11.3 Å². The summed E-state index contributed by atoms with van der Waals surface area (Å²) < 4.78 is 5.39. The van der Waals surface area contributed by atoms with Gasteiger partial charge in [-0.2, -0.15) is 0 Å². The molecule has 0 aliphatic carbocycles. The van der Waals surface area contributed by atoms with Gasteiger partial charge in [-0.3, -0.25) is 9.59 Å². The first kappa shape index (κ1) is 21.1. The van der Waals surface area contributed by atoms with Gasteiger partial charge in [0.1, 0.15) is 5.75 Å². The number of carbonyl (C=O) groups is 2. The molecule has 0 saturated heterocycles. The van der Waals surface area contributed by atoms with Gasteiger partial charge in [-0.25, -0.2) is 0 Å². The molecular weight excluding hydrogens is 400 g/mol. The van der Waals surface area contributed by atoms with Crippen molar-refractivity contribution >= 4 is 40.9 Å². The molecule has 0 radical (unpaired) electrons. The van der Waals surface area contributed by atoms with Crippen LogP contribution in [-0.2, 0) is 4.79 Å². The first-order valence-electron chi connectivity index (χ1n) is 9.43. The molecule has 0 spiro atoms. The summed E-state index contributed by atoms with van der Waals surface area (Å²) >= 11 is 6.19. The number of carbonyl (C=O) groups excluding carboxylic acids is 2. The molecule has 0 saturated carbocycles. The SMILES string of the molecule is CCOc1ccc(NC(=O)c2ccc(Cl)c(NC(=O)/C=C/c3ccccc3)c2)cc1. The number of anilines is 2. The highest BCUT2D eigenvalue weighted by Crippen LogP contribution is 2.24. The molecular formula is C24H21ClN2O3. The highest BCUT2D eigenvalue weighted by molar-refractivity contribution is 6.34. The van der Waals surface area contributed by atoms with Gasteiger partial charge in [0.15, 0.2) is 0 Å². The molecule has 0 heterocycles. The molecule has 0 aliphatic heterocycles. The molecule has 0 fully saturated rings. The van der Waals surface area contributed by atoms with E-state index in [4.69, 9.17) is 16.3 Å². The van der Waals surface area contributed by atoms with Crippen molar-refractivity contribution in [1.82, 2.24) is 0 Å². The van der Waals surface area contributed by atoms with Crippen molar-refractivity contribution in [3.05, 3.63) is 95.0 Å². The molecule has 2 amide bonds. The van der Waals surface area contributed by atoms with E-state index in [9.17, 15) is 9.59 Å². The van der Waals surface area contributed by atoms with Crippen molar-refractivity contribution in [2.24, 2.45) is 0 Å². The Bertz CT molecular complexity index is 1050. The van der Waals surface area contributed by atoms with E-state index in [2.05, 4.69) is 10.6 Å². The molecule has 6 heteroatoms. The maximum atomic E-state index is 12.6. The van der Waals surface area contributed by atoms with Crippen LogP contribution in [0.2, 0.25) is 5.02 Å². The van der Waals surface area contributed by atoms with Gasteiger partial charge in [-0.15, -0.1) is 0 Å². The second kappa shape index (κ2) is 10.3. The van der Waals surface area contributed by atoms with Crippen LogP contribution in [0, 0.1) is 0 Å². The van der Waals surface area contributed by atoms with Crippen LogP contribution < -0.4 is 15.4 Å². The van der Waals surface area contributed by atoms with E-state index in [1.54, 1.807) is 48.5 Å². The zero-order valence-electron chi connectivity index (χ0n) is 16.4. The third-order valence-corrected chi connectivity index (χ3v) is 4.47. The van der Waals surface area contributed by atoms with Crippen LogP contribution in [0.1, 0.15) is 22.8 Å². The lowest BCUT2D eigenvalue weighted by atomic mass is 10.1. The Labute approximate surface area is 180 Å². The maximum Gasteiger partial charge on any atom is 0.255 e. The minimum atomic E-state index is -0.343. The standard InChI is InChI=1S/C24H21ClN2O3/c1-2-30-20-12-10-19(11-13-20)26-24(29)18-9-14-21(25)22(16-18)27-23(28)15-8-17-6-4-3-5-7-17/h3-16H,2H2,1H3,(H,26,29)(H,27,28)/b15-8+. The second-order valence-electron chi connectivity index (χ2n) is 6.34. The first-order valence-corrected chi connectivity index (χ1v) is 9.81. The lowest BCUT2D eigenvalue weighted by Gasteiger charge is -2.10. The van der Waals surface area contributed by atoms with Gasteiger partial charge in [0.05, 0.1) is 17.3 Å². The van der Waals surface area contributed by atoms with Crippen LogP contribution in [0.4, 0.5) is 11.4 Å². The van der Waals surface area contributed by atoms with Crippen LogP contribution in [0.3, 0.4) is 0 Å². The normalized spacial score (nSPS) is 10.6. The Morgan fingerprint density at radius 1 is 0.967 bits per heavy atom. The van der Waals surface area contributed by atoms with Crippen molar-refractivity contribution in [1.29, 1.82) is 0 Å². The van der Waals surface area contributed by atoms with Gasteiger partial charge in [0.2, 0.25) is 5.91 Å². The van der Waals surface area contributed by atoms with Crippen LogP contribution >= 0.6 is 11.6 Å². The van der Waals surface area contributed by atoms with Crippen molar-refractivity contribution in [3.8, 4) is 5.75 Å². The fourth-order valence-electron chi connectivity index (χ4n) is 2.68. The van der Waals surface area contributed by atoms with E-state index in [1.165, 1.54) is 6.08 Å². The van der Waals surface area contributed by atoms with Crippen LogP contribution in [0.25, 0.3) is 6.08 Å². The van der Waals surface area contributed by atoms with Crippen LogP contribution in [0.15, 0.2) is 78.9 Å². The highest BCUT2D eigenvalue weighted by atomic mass is 35.5. The monoisotopic (exact) mass is 420 g/mol. The molecule has 0 aromatic heterocycles. The molecule has 3 rings (SSSR count). The molecule has 2 N–H and O–H groups in total. The quantitative estimate of drug-likeness (QED) is 0.486. The number of amides is 2. The van der Waals surface area contributed by atoms with Crippen molar-refractivity contribution in [2.75, 3.05) is 17.2 Å². The number of rotatable bonds is 7. The summed E-state index contributed by atoms with van der Waals surface area (Å²) in [6.45, 7) is 2.48. The van der Waals surface area contributed by atoms with Crippen LogP contribution in [-0.4, -0.2) is 18.4 Å². The summed E-state index contributed by atoms with van der Waals surface area (Å²) in [5.74, 6) is 0.0755. The molecule has 5 nitrogen and oxygen atoms in total. The molecule has 3 aromatic carbocycles. The highest BCUT2D eigenvalue weighted by Gasteiger charge is 2.11. The van der Waals surface area contributed by atoms with Gasteiger partial charge in [-0.1, -0.05) is 41.9 Å². The minimum Gasteiger partial charge on any atom is -0.494 e. The van der Waals surface area contributed by atoms with Crippen molar-refractivity contribution in [3.63, 3.8) is 0 Å². The predicted octanol–water partition coefficient (Wildman–Crippen LogP) is 5.64. The average Bonchev–Trinajstić information content (AvgIpc) is 2.76. The minimum absolute atomic E-state index is 0.314. The average molecular weight is 421 g/mol. The fraction of sp³-hybridized carbons (Fsp3) is 0.0833. The molecule has 0 aliphatic rings. The Balaban J connectivity index is 1.67. The zero-order chi connectivity index (χ0) is 21.3. The van der Waals surface area contributed by atoms with Crippen LogP contribution in [0.5, 0.6) is 5.75 Å². The molecule has 0 atom stereocenters. The fourth-order valence-corrected chi connectivity index (χ4v) is 2.84. The number of ether oxygens (including phenoxy) is 1. The Morgan fingerprint density at radius 3 is 2.40 bits per heavy atom. The maximum absolute atomic E-state index is 12.6. The van der Waals surface area contributed by atoms with Crippen molar-refractivity contribution < 1.29 is 14.3 Å². The molecule has 30 heavy (non-hydrogen) atoms.